The molecule has 0 heterocycles. The number of aromatic carboxylic acids is 1. The average Bonchev–Trinajstić information content (AvgIpc) is 2.74. The third-order valence-corrected chi connectivity index (χ3v) is 5.10. The summed E-state index contributed by atoms with van der Waals surface area (Å²) < 4.78 is 27.0. The van der Waals surface area contributed by atoms with Gasteiger partial charge in [-0.25, -0.2) is 17.9 Å². The van der Waals surface area contributed by atoms with Crippen molar-refractivity contribution >= 4 is 16.0 Å². The molecule has 0 radical (unpaired) electrons. The molecule has 0 aliphatic heterocycles. The number of rotatable bonds is 5. The smallest absolute Gasteiger partial charge is 0.335 e. The second kappa shape index (κ2) is 5.93. The largest absolute Gasteiger partial charge is 0.478 e. The van der Waals surface area contributed by atoms with Crippen LogP contribution < -0.4 is 4.72 Å². The van der Waals surface area contributed by atoms with Crippen molar-refractivity contribution in [1.82, 2.24) is 4.72 Å². The van der Waals surface area contributed by atoms with Crippen LogP contribution in [0.4, 0.5) is 0 Å². The number of sulfonamides is 1. The van der Waals surface area contributed by atoms with E-state index in [0.29, 0.717) is 11.5 Å². The second-order valence-corrected chi connectivity index (χ2v) is 7.15. The minimum absolute atomic E-state index is 0.00246. The normalized spacial score (nSPS) is 22.9. The van der Waals surface area contributed by atoms with Gasteiger partial charge >= 0.3 is 5.97 Å². The van der Waals surface area contributed by atoms with E-state index >= 15 is 0 Å². The molecule has 1 aromatic carbocycles. The molecule has 110 valence electrons. The molecule has 0 saturated heterocycles. The summed E-state index contributed by atoms with van der Waals surface area (Å²) in [5, 5.41) is 8.91. The Morgan fingerprint density at radius 2 is 2.15 bits per heavy atom. The highest BCUT2D eigenvalue weighted by Gasteiger charge is 2.27. The summed E-state index contributed by atoms with van der Waals surface area (Å²) >= 11 is 0. The number of carboxylic acid groups (broad SMARTS) is 1. The van der Waals surface area contributed by atoms with Gasteiger partial charge in [-0.3, -0.25) is 0 Å². The minimum atomic E-state index is -3.44. The van der Waals surface area contributed by atoms with Crippen LogP contribution in [-0.2, 0) is 15.8 Å². The maximum Gasteiger partial charge on any atom is 0.335 e. The van der Waals surface area contributed by atoms with Gasteiger partial charge in [-0.2, -0.15) is 0 Å². The molecule has 0 bridgehead atoms. The molecule has 0 aromatic heterocycles. The SMILES string of the molecule is CC1CCCC1NS(=O)(=O)Cc1cccc(C(=O)O)c1. The van der Waals surface area contributed by atoms with Gasteiger partial charge < -0.3 is 5.11 Å². The Bertz CT molecular complexity index is 597. The molecule has 20 heavy (non-hydrogen) atoms. The molecule has 1 aromatic rings. The van der Waals surface area contributed by atoms with Gasteiger partial charge in [-0.15, -0.1) is 0 Å². The molecular formula is C14H19NO4S. The highest BCUT2D eigenvalue weighted by atomic mass is 32.2. The number of benzene rings is 1. The fourth-order valence-corrected chi connectivity index (χ4v) is 4.12. The van der Waals surface area contributed by atoms with E-state index in [1.165, 1.54) is 12.1 Å². The number of nitrogens with one attached hydrogen (secondary N) is 1. The Labute approximate surface area is 119 Å². The summed E-state index contributed by atoms with van der Waals surface area (Å²) in [6.45, 7) is 2.05. The standard InChI is InChI=1S/C14H19NO4S/c1-10-4-2-7-13(10)15-20(18,19)9-11-5-3-6-12(8-11)14(16)17/h3,5-6,8,10,13,15H,2,4,7,9H2,1H3,(H,16,17). The summed E-state index contributed by atoms with van der Waals surface area (Å²) in [4.78, 5) is 10.9. The van der Waals surface area contributed by atoms with Crippen LogP contribution in [0.2, 0.25) is 0 Å². The van der Waals surface area contributed by atoms with Crippen LogP contribution in [0.25, 0.3) is 0 Å². The fraction of sp³-hybridized carbons (Fsp3) is 0.500. The van der Waals surface area contributed by atoms with Crippen molar-refractivity contribution in [3.63, 3.8) is 0 Å². The van der Waals surface area contributed by atoms with Crippen molar-refractivity contribution in [3.05, 3.63) is 35.4 Å². The lowest BCUT2D eigenvalue weighted by atomic mass is 10.1. The van der Waals surface area contributed by atoms with Crippen molar-refractivity contribution < 1.29 is 18.3 Å². The van der Waals surface area contributed by atoms with E-state index in [1.807, 2.05) is 6.92 Å². The zero-order valence-corrected chi connectivity index (χ0v) is 12.2. The third-order valence-electron chi connectivity index (χ3n) is 3.72. The van der Waals surface area contributed by atoms with Gasteiger partial charge in [0, 0.05) is 6.04 Å². The van der Waals surface area contributed by atoms with Crippen LogP contribution in [0, 0.1) is 5.92 Å². The summed E-state index contributed by atoms with van der Waals surface area (Å²) in [5.41, 5.74) is 0.593. The lowest BCUT2D eigenvalue weighted by molar-refractivity contribution is 0.0696. The molecule has 0 spiro atoms. The van der Waals surface area contributed by atoms with Crippen LogP contribution in [0.3, 0.4) is 0 Å². The van der Waals surface area contributed by atoms with Crippen molar-refractivity contribution in [1.29, 1.82) is 0 Å². The van der Waals surface area contributed by atoms with E-state index in [1.54, 1.807) is 12.1 Å². The quantitative estimate of drug-likeness (QED) is 0.870. The van der Waals surface area contributed by atoms with Crippen LogP contribution in [0.15, 0.2) is 24.3 Å². The zero-order chi connectivity index (χ0) is 14.8. The molecular weight excluding hydrogens is 278 g/mol. The maximum absolute atomic E-state index is 12.1. The van der Waals surface area contributed by atoms with E-state index in [-0.39, 0.29) is 17.4 Å². The molecule has 0 amide bonds. The first kappa shape index (κ1) is 15.0. The first-order chi connectivity index (χ1) is 9.37. The monoisotopic (exact) mass is 297 g/mol. The van der Waals surface area contributed by atoms with E-state index in [9.17, 15) is 13.2 Å². The molecule has 1 saturated carbocycles. The summed E-state index contributed by atoms with van der Waals surface area (Å²) in [7, 11) is -3.44. The molecule has 2 N–H and O–H groups in total. The van der Waals surface area contributed by atoms with Crippen molar-refractivity contribution in [2.45, 2.75) is 38.0 Å². The molecule has 1 aliphatic rings. The van der Waals surface area contributed by atoms with Crippen molar-refractivity contribution in [3.8, 4) is 0 Å². The van der Waals surface area contributed by atoms with Gasteiger partial charge in [0.05, 0.1) is 11.3 Å². The molecule has 1 fully saturated rings. The summed E-state index contributed by atoms with van der Waals surface area (Å²) in [6.07, 6.45) is 2.96. The molecule has 5 nitrogen and oxygen atoms in total. The number of hydrogen-bond acceptors (Lipinski definition) is 3. The Morgan fingerprint density at radius 1 is 1.40 bits per heavy atom. The van der Waals surface area contributed by atoms with E-state index in [4.69, 9.17) is 5.11 Å². The van der Waals surface area contributed by atoms with Gasteiger partial charge in [0.25, 0.3) is 0 Å². The van der Waals surface area contributed by atoms with Crippen LogP contribution in [0.1, 0.15) is 42.1 Å². The second-order valence-electron chi connectivity index (χ2n) is 5.40. The highest BCUT2D eigenvalue weighted by molar-refractivity contribution is 7.88. The van der Waals surface area contributed by atoms with Gasteiger partial charge in [-0.05, 0) is 36.5 Å². The fourth-order valence-electron chi connectivity index (χ4n) is 2.61. The van der Waals surface area contributed by atoms with Crippen molar-refractivity contribution in [2.24, 2.45) is 5.92 Å². The number of hydrogen-bond donors (Lipinski definition) is 2. The maximum atomic E-state index is 12.1. The lowest BCUT2D eigenvalue weighted by Gasteiger charge is -2.17. The number of carbonyl (C=O) groups is 1. The van der Waals surface area contributed by atoms with Crippen LogP contribution in [-0.4, -0.2) is 25.5 Å². The lowest BCUT2D eigenvalue weighted by Crippen LogP contribution is -2.37. The summed E-state index contributed by atoms with van der Waals surface area (Å²) in [5.74, 6) is -0.881. The Hall–Kier alpha value is -1.40. The Kier molecular flexibility index (Phi) is 4.45. The van der Waals surface area contributed by atoms with Gasteiger partial charge in [0.2, 0.25) is 10.0 Å². The molecule has 2 rings (SSSR count). The predicted molar refractivity (Wildman–Crippen MR) is 76.0 cm³/mol. The van der Waals surface area contributed by atoms with Gasteiger partial charge in [0.1, 0.15) is 0 Å². The van der Waals surface area contributed by atoms with Gasteiger partial charge in [0.15, 0.2) is 0 Å². The highest BCUT2D eigenvalue weighted by Crippen LogP contribution is 2.25. The van der Waals surface area contributed by atoms with Gasteiger partial charge in [-0.1, -0.05) is 25.5 Å². The Morgan fingerprint density at radius 3 is 2.75 bits per heavy atom. The minimum Gasteiger partial charge on any atom is -0.478 e. The molecule has 2 atom stereocenters. The predicted octanol–water partition coefficient (Wildman–Crippen LogP) is 1.99. The topological polar surface area (TPSA) is 83.5 Å². The molecule has 6 heteroatoms. The number of carboxylic acids is 1. The molecule has 2 unspecified atom stereocenters. The van der Waals surface area contributed by atoms with Crippen LogP contribution >= 0.6 is 0 Å². The average molecular weight is 297 g/mol. The van der Waals surface area contributed by atoms with E-state index in [0.717, 1.165) is 19.3 Å². The first-order valence-corrected chi connectivity index (χ1v) is 8.35. The zero-order valence-electron chi connectivity index (χ0n) is 11.4. The Balaban J connectivity index is 2.08. The molecule has 1 aliphatic carbocycles. The van der Waals surface area contributed by atoms with Crippen LogP contribution in [0.5, 0.6) is 0 Å². The third kappa shape index (κ3) is 3.80. The van der Waals surface area contributed by atoms with E-state index in [2.05, 4.69) is 4.72 Å². The first-order valence-electron chi connectivity index (χ1n) is 6.69. The van der Waals surface area contributed by atoms with Crippen molar-refractivity contribution in [2.75, 3.05) is 0 Å². The summed E-state index contributed by atoms with van der Waals surface area (Å²) in [6, 6.07) is 6.04. The van der Waals surface area contributed by atoms with E-state index < -0.39 is 16.0 Å².